The summed E-state index contributed by atoms with van der Waals surface area (Å²) in [5.41, 5.74) is 2.42. The highest BCUT2D eigenvalue weighted by Gasteiger charge is 2.39. The van der Waals surface area contributed by atoms with Crippen LogP contribution in [0.25, 0.3) is 5.57 Å². The number of hydrogen-bond donors (Lipinski definition) is 1. The predicted octanol–water partition coefficient (Wildman–Crippen LogP) is 2.36. The molecule has 0 saturated heterocycles. The molecule has 3 rings (SSSR count). The minimum absolute atomic E-state index is 0.211. The second kappa shape index (κ2) is 6.13. The van der Waals surface area contributed by atoms with Gasteiger partial charge in [0.25, 0.3) is 15.9 Å². The Balaban J connectivity index is 2.41. The summed E-state index contributed by atoms with van der Waals surface area (Å²) >= 11 is 0. The molecule has 1 aliphatic rings. The quantitative estimate of drug-likeness (QED) is 0.931. The fourth-order valence-electron chi connectivity index (χ4n) is 2.84. The van der Waals surface area contributed by atoms with Crippen LogP contribution in [0.1, 0.15) is 18.1 Å². The van der Waals surface area contributed by atoms with E-state index in [1.54, 1.807) is 19.1 Å². The fraction of sp³-hybridized carbons (Fsp3) is 0.167. The monoisotopic (exact) mass is 342 g/mol. The second-order valence-electron chi connectivity index (χ2n) is 5.42. The molecule has 124 valence electrons. The molecule has 2 aromatic rings. The van der Waals surface area contributed by atoms with E-state index in [-0.39, 0.29) is 4.91 Å². The van der Waals surface area contributed by atoms with Crippen LogP contribution in [0.2, 0.25) is 0 Å². The smallest absolute Gasteiger partial charge is 0.270 e. The average molecular weight is 342 g/mol. The SMILES string of the molecule is CCNC(=O)C1=C(c2ccccc2)c2ccccc2N(C)S1(=O)=O. The molecule has 0 aliphatic carbocycles. The Hall–Kier alpha value is -2.60. The number of nitrogens with zero attached hydrogens (tertiary/aromatic N) is 1. The minimum Gasteiger partial charge on any atom is -0.352 e. The van der Waals surface area contributed by atoms with E-state index < -0.39 is 15.9 Å². The van der Waals surface area contributed by atoms with Crippen LogP contribution < -0.4 is 9.62 Å². The number of rotatable bonds is 3. The van der Waals surface area contributed by atoms with Gasteiger partial charge in [0.05, 0.1) is 5.69 Å². The average Bonchev–Trinajstić information content (AvgIpc) is 2.59. The third-order valence-corrected chi connectivity index (χ3v) is 5.79. The fourth-order valence-corrected chi connectivity index (χ4v) is 4.32. The molecule has 0 aromatic heterocycles. The number of carbonyl (C=O) groups is 1. The molecule has 0 saturated carbocycles. The van der Waals surface area contributed by atoms with Gasteiger partial charge in [-0.2, -0.15) is 0 Å². The van der Waals surface area contributed by atoms with E-state index in [1.165, 1.54) is 11.4 Å². The summed E-state index contributed by atoms with van der Waals surface area (Å²) in [6.45, 7) is 2.11. The van der Waals surface area contributed by atoms with E-state index in [9.17, 15) is 13.2 Å². The van der Waals surface area contributed by atoms with Crippen molar-refractivity contribution in [3.63, 3.8) is 0 Å². The van der Waals surface area contributed by atoms with Crippen molar-refractivity contribution in [2.45, 2.75) is 6.92 Å². The number of benzene rings is 2. The van der Waals surface area contributed by atoms with Crippen molar-refractivity contribution in [3.8, 4) is 0 Å². The van der Waals surface area contributed by atoms with Crippen molar-refractivity contribution in [2.75, 3.05) is 17.9 Å². The molecule has 1 amide bonds. The molecule has 0 fully saturated rings. The van der Waals surface area contributed by atoms with Gasteiger partial charge in [0.15, 0.2) is 4.91 Å². The number of nitrogens with one attached hydrogen (secondary N) is 1. The number of sulfonamides is 1. The maximum absolute atomic E-state index is 13.0. The van der Waals surface area contributed by atoms with Crippen LogP contribution in [0.4, 0.5) is 5.69 Å². The summed E-state index contributed by atoms with van der Waals surface area (Å²) in [7, 11) is -2.47. The third kappa shape index (κ3) is 2.49. The Morgan fingerprint density at radius 3 is 2.33 bits per heavy atom. The first-order chi connectivity index (χ1) is 11.5. The summed E-state index contributed by atoms with van der Waals surface area (Å²) < 4.78 is 27.1. The van der Waals surface area contributed by atoms with Crippen LogP contribution in [-0.2, 0) is 14.8 Å². The lowest BCUT2D eigenvalue weighted by atomic mass is 9.95. The van der Waals surface area contributed by atoms with Gasteiger partial charge in [-0.05, 0) is 18.6 Å². The molecule has 0 spiro atoms. The van der Waals surface area contributed by atoms with Gasteiger partial charge >= 0.3 is 0 Å². The van der Waals surface area contributed by atoms with Crippen LogP contribution in [0.3, 0.4) is 0 Å². The molecular formula is C18H18N2O3S. The Labute approximate surface area is 141 Å². The molecule has 1 aliphatic heterocycles. The van der Waals surface area contributed by atoms with E-state index in [2.05, 4.69) is 5.32 Å². The van der Waals surface area contributed by atoms with E-state index >= 15 is 0 Å². The summed E-state index contributed by atoms with van der Waals surface area (Å²) in [6, 6.07) is 16.3. The van der Waals surface area contributed by atoms with Gasteiger partial charge in [-0.15, -0.1) is 0 Å². The predicted molar refractivity (Wildman–Crippen MR) is 94.9 cm³/mol. The topological polar surface area (TPSA) is 66.5 Å². The summed E-state index contributed by atoms with van der Waals surface area (Å²) in [6.07, 6.45) is 0. The second-order valence-corrected chi connectivity index (χ2v) is 7.33. The molecule has 1 heterocycles. The molecular weight excluding hydrogens is 324 g/mol. The van der Waals surface area contributed by atoms with E-state index in [4.69, 9.17) is 0 Å². The molecule has 0 radical (unpaired) electrons. The standard InChI is InChI=1S/C18H18N2O3S/c1-3-19-18(21)17-16(13-9-5-4-6-10-13)14-11-7-8-12-15(14)20(2)24(17,22)23/h4-12H,3H2,1-2H3,(H,19,21). The number of carbonyl (C=O) groups excluding carboxylic acids is 1. The van der Waals surface area contributed by atoms with Crippen molar-refractivity contribution in [3.05, 3.63) is 70.6 Å². The molecule has 24 heavy (non-hydrogen) atoms. The van der Waals surface area contributed by atoms with Crippen molar-refractivity contribution in [1.82, 2.24) is 5.32 Å². The van der Waals surface area contributed by atoms with Crippen molar-refractivity contribution in [2.24, 2.45) is 0 Å². The normalized spacial score (nSPS) is 15.8. The van der Waals surface area contributed by atoms with Crippen LogP contribution in [0, 0.1) is 0 Å². The van der Waals surface area contributed by atoms with Crippen LogP contribution in [0.5, 0.6) is 0 Å². The molecule has 2 aromatic carbocycles. The molecule has 6 heteroatoms. The van der Waals surface area contributed by atoms with Crippen LogP contribution in [-0.4, -0.2) is 27.9 Å². The molecule has 0 atom stereocenters. The van der Waals surface area contributed by atoms with Crippen LogP contribution in [0.15, 0.2) is 59.5 Å². The number of para-hydroxylation sites is 1. The zero-order valence-corrected chi connectivity index (χ0v) is 14.3. The zero-order chi connectivity index (χ0) is 17.3. The van der Waals surface area contributed by atoms with Crippen LogP contribution >= 0.6 is 0 Å². The number of anilines is 1. The highest BCUT2D eigenvalue weighted by molar-refractivity contribution is 7.97. The zero-order valence-electron chi connectivity index (χ0n) is 13.5. The Bertz CT molecular complexity index is 918. The first kappa shape index (κ1) is 16.3. The molecule has 5 nitrogen and oxygen atoms in total. The minimum atomic E-state index is -3.93. The summed E-state index contributed by atoms with van der Waals surface area (Å²) in [4.78, 5) is 12.4. The Kier molecular flexibility index (Phi) is 4.15. The lowest BCUT2D eigenvalue weighted by Crippen LogP contribution is -2.39. The van der Waals surface area contributed by atoms with Gasteiger partial charge in [-0.1, -0.05) is 48.5 Å². The van der Waals surface area contributed by atoms with Gasteiger partial charge in [-0.25, -0.2) is 8.42 Å². The summed E-state index contributed by atoms with van der Waals surface area (Å²) in [5, 5.41) is 2.62. The van der Waals surface area contributed by atoms with Crippen molar-refractivity contribution >= 4 is 27.2 Å². The van der Waals surface area contributed by atoms with Gasteiger partial charge < -0.3 is 5.32 Å². The highest BCUT2D eigenvalue weighted by Crippen LogP contribution is 2.41. The molecule has 1 N–H and O–H groups in total. The lowest BCUT2D eigenvalue weighted by molar-refractivity contribution is -0.116. The van der Waals surface area contributed by atoms with E-state index in [1.807, 2.05) is 42.5 Å². The lowest BCUT2D eigenvalue weighted by Gasteiger charge is -2.30. The Morgan fingerprint density at radius 2 is 1.67 bits per heavy atom. The maximum atomic E-state index is 13.0. The molecule has 0 unspecified atom stereocenters. The molecule has 0 bridgehead atoms. The van der Waals surface area contributed by atoms with E-state index in [0.29, 0.717) is 23.4 Å². The first-order valence-corrected chi connectivity index (χ1v) is 9.08. The van der Waals surface area contributed by atoms with Gasteiger partial charge in [0.2, 0.25) is 0 Å². The number of hydrogen-bond acceptors (Lipinski definition) is 3. The summed E-state index contributed by atoms with van der Waals surface area (Å²) in [5.74, 6) is -0.585. The van der Waals surface area contributed by atoms with E-state index in [0.717, 1.165) is 5.56 Å². The Morgan fingerprint density at radius 1 is 1.04 bits per heavy atom. The largest absolute Gasteiger partial charge is 0.352 e. The third-order valence-electron chi connectivity index (χ3n) is 3.96. The van der Waals surface area contributed by atoms with Gasteiger partial charge in [-0.3, -0.25) is 9.10 Å². The first-order valence-electron chi connectivity index (χ1n) is 7.64. The van der Waals surface area contributed by atoms with Gasteiger partial charge in [0.1, 0.15) is 0 Å². The number of amides is 1. The maximum Gasteiger partial charge on any atom is 0.270 e. The van der Waals surface area contributed by atoms with Crippen molar-refractivity contribution < 1.29 is 13.2 Å². The number of likely N-dealkylation sites (N-methyl/N-ethyl adjacent to an activating group) is 1. The van der Waals surface area contributed by atoms with Crippen molar-refractivity contribution in [1.29, 1.82) is 0 Å². The highest BCUT2D eigenvalue weighted by atomic mass is 32.2. The number of fused-ring (bicyclic) bond motifs is 1. The van der Waals surface area contributed by atoms with Gasteiger partial charge in [0, 0.05) is 24.7 Å².